The van der Waals surface area contributed by atoms with Crippen LogP contribution < -0.4 is 4.72 Å². The fraction of sp³-hybridized carbons (Fsp3) is 0.417. The topological polar surface area (TPSA) is 83.5 Å². The zero-order valence-electron chi connectivity index (χ0n) is 9.80. The van der Waals surface area contributed by atoms with Gasteiger partial charge in [-0.25, -0.2) is 13.1 Å². The Morgan fingerprint density at radius 2 is 1.89 bits per heavy atom. The van der Waals surface area contributed by atoms with Crippen molar-refractivity contribution >= 4 is 16.0 Å². The van der Waals surface area contributed by atoms with E-state index in [-0.39, 0.29) is 12.3 Å². The molecular weight excluding hydrogens is 254 g/mol. The number of rotatable bonds is 6. The van der Waals surface area contributed by atoms with Crippen LogP contribution in [0, 0.1) is 5.41 Å². The summed E-state index contributed by atoms with van der Waals surface area (Å²) >= 11 is 0. The van der Waals surface area contributed by atoms with E-state index < -0.39 is 21.4 Å². The second kappa shape index (κ2) is 4.70. The van der Waals surface area contributed by atoms with Gasteiger partial charge in [0.2, 0.25) is 10.0 Å². The summed E-state index contributed by atoms with van der Waals surface area (Å²) in [5, 5.41) is 8.96. The van der Waals surface area contributed by atoms with E-state index in [1.807, 2.05) is 6.07 Å². The van der Waals surface area contributed by atoms with Crippen LogP contribution in [0.25, 0.3) is 0 Å². The summed E-state index contributed by atoms with van der Waals surface area (Å²) in [6.45, 7) is -0.0164. The van der Waals surface area contributed by atoms with Crippen LogP contribution in [-0.4, -0.2) is 26.0 Å². The van der Waals surface area contributed by atoms with Crippen molar-refractivity contribution < 1.29 is 18.3 Å². The van der Waals surface area contributed by atoms with E-state index in [0.29, 0.717) is 18.4 Å². The lowest BCUT2D eigenvalue weighted by Crippen LogP contribution is -2.34. The van der Waals surface area contributed by atoms with E-state index in [0.717, 1.165) is 0 Å². The first kappa shape index (κ1) is 13.0. The van der Waals surface area contributed by atoms with Crippen LogP contribution in [0.15, 0.2) is 30.3 Å². The number of carboxylic acids is 1. The molecule has 0 spiro atoms. The lowest BCUT2D eigenvalue weighted by molar-refractivity contribution is -0.143. The predicted molar refractivity (Wildman–Crippen MR) is 66.4 cm³/mol. The van der Waals surface area contributed by atoms with E-state index in [2.05, 4.69) is 4.72 Å². The van der Waals surface area contributed by atoms with Gasteiger partial charge in [0.05, 0.1) is 11.2 Å². The summed E-state index contributed by atoms with van der Waals surface area (Å²) in [5.41, 5.74) is -0.186. The molecule has 1 aromatic rings. The van der Waals surface area contributed by atoms with Crippen LogP contribution in [0.2, 0.25) is 0 Å². The molecule has 1 aromatic carbocycles. The van der Waals surface area contributed by atoms with Gasteiger partial charge < -0.3 is 5.11 Å². The van der Waals surface area contributed by atoms with Crippen LogP contribution in [0.3, 0.4) is 0 Å². The van der Waals surface area contributed by atoms with Gasteiger partial charge in [0, 0.05) is 6.54 Å². The molecule has 98 valence electrons. The number of hydrogen-bond donors (Lipinski definition) is 2. The van der Waals surface area contributed by atoms with Crippen LogP contribution in [0.4, 0.5) is 0 Å². The lowest BCUT2D eigenvalue weighted by Gasteiger charge is -2.11. The molecule has 0 heterocycles. The molecular formula is C12H15NO4S. The molecule has 6 heteroatoms. The van der Waals surface area contributed by atoms with E-state index in [1.54, 1.807) is 24.3 Å². The highest BCUT2D eigenvalue weighted by atomic mass is 32.2. The summed E-state index contributed by atoms with van der Waals surface area (Å²) in [6, 6.07) is 8.80. The summed E-state index contributed by atoms with van der Waals surface area (Å²) in [4.78, 5) is 10.9. The molecule has 0 bridgehead atoms. The van der Waals surface area contributed by atoms with Crippen LogP contribution in [0.5, 0.6) is 0 Å². The number of aliphatic carboxylic acids is 1. The van der Waals surface area contributed by atoms with Gasteiger partial charge in [0.15, 0.2) is 0 Å². The van der Waals surface area contributed by atoms with Gasteiger partial charge in [0.1, 0.15) is 0 Å². The van der Waals surface area contributed by atoms with E-state index in [4.69, 9.17) is 5.11 Å². The molecule has 0 aromatic heterocycles. The van der Waals surface area contributed by atoms with Crippen molar-refractivity contribution in [3.8, 4) is 0 Å². The molecule has 0 saturated heterocycles. The Kier molecular flexibility index (Phi) is 3.41. The minimum Gasteiger partial charge on any atom is -0.481 e. The number of carbonyl (C=O) groups is 1. The average Bonchev–Trinajstić information content (AvgIpc) is 3.08. The van der Waals surface area contributed by atoms with Gasteiger partial charge in [-0.1, -0.05) is 30.3 Å². The first-order valence-corrected chi connectivity index (χ1v) is 7.33. The van der Waals surface area contributed by atoms with Crippen LogP contribution >= 0.6 is 0 Å². The Balaban J connectivity index is 1.95. The normalized spacial score (nSPS) is 17.3. The van der Waals surface area contributed by atoms with Crippen LogP contribution in [-0.2, 0) is 20.6 Å². The molecule has 1 aliphatic carbocycles. The summed E-state index contributed by atoms with van der Waals surface area (Å²) in [6.07, 6.45) is 1.08. The average molecular weight is 269 g/mol. The molecule has 2 N–H and O–H groups in total. The van der Waals surface area contributed by atoms with Crippen molar-refractivity contribution in [2.24, 2.45) is 5.41 Å². The third-order valence-electron chi connectivity index (χ3n) is 3.14. The molecule has 5 nitrogen and oxygen atoms in total. The Labute approximate surface area is 106 Å². The maximum atomic E-state index is 11.8. The van der Waals surface area contributed by atoms with Crippen molar-refractivity contribution in [3.05, 3.63) is 35.9 Å². The SMILES string of the molecule is O=C(O)C1(CNS(=O)(=O)Cc2ccccc2)CC1. The summed E-state index contributed by atoms with van der Waals surface area (Å²) in [5.74, 6) is -1.05. The Morgan fingerprint density at radius 3 is 2.39 bits per heavy atom. The van der Waals surface area contributed by atoms with Gasteiger partial charge in [0.25, 0.3) is 0 Å². The first-order chi connectivity index (χ1) is 8.44. The highest BCUT2D eigenvalue weighted by Gasteiger charge is 2.50. The summed E-state index contributed by atoms with van der Waals surface area (Å²) in [7, 11) is -3.47. The highest BCUT2D eigenvalue weighted by Crippen LogP contribution is 2.45. The number of benzene rings is 1. The zero-order valence-corrected chi connectivity index (χ0v) is 10.6. The molecule has 0 atom stereocenters. The third kappa shape index (κ3) is 3.08. The minimum atomic E-state index is -3.47. The number of sulfonamides is 1. The van der Waals surface area contributed by atoms with Crippen LogP contribution in [0.1, 0.15) is 18.4 Å². The Morgan fingerprint density at radius 1 is 1.28 bits per heavy atom. The van der Waals surface area contributed by atoms with Crippen molar-refractivity contribution in [2.45, 2.75) is 18.6 Å². The van der Waals surface area contributed by atoms with E-state index in [1.165, 1.54) is 0 Å². The second-order valence-electron chi connectivity index (χ2n) is 4.65. The molecule has 1 aliphatic rings. The van der Waals surface area contributed by atoms with Gasteiger partial charge in [-0.2, -0.15) is 0 Å². The van der Waals surface area contributed by atoms with Gasteiger partial charge >= 0.3 is 5.97 Å². The monoisotopic (exact) mass is 269 g/mol. The van der Waals surface area contributed by atoms with Gasteiger partial charge in [-0.3, -0.25) is 4.79 Å². The van der Waals surface area contributed by atoms with Crippen molar-refractivity contribution in [1.29, 1.82) is 0 Å². The van der Waals surface area contributed by atoms with Gasteiger partial charge in [-0.15, -0.1) is 0 Å². The smallest absolute Gasteiger partial charge is 0.310 e. The maximum absolute atomic E-state index is 11.8. The number of nitrogens with one attached hydrogen (secondary N) is 1. The molecule has 1 saturated carbocycles. The van der Waals surface area contributed by atoms with Crippen molar-refractivity contribution in [3.63, 3.8) is 0 Å². The standard InChI is InChI=1S/C12H15NO4S/c14-11(15)12(6-7-12)9-13-18(16,17)8-10-4-2-1-3-5-10/h1-5,13H,6-9H2,(H,14,15). The molecule has 0 radical (unpaired) electrons. The largest absolute Gasteiger partial charge is 0.481 e. The minimum absolute atomic E-state index is 0.0164. The Bertz CT molecular complexity index is 534. The molecule has 0 amide bonds. The van der Waals surface area contributed by atoms with Crippen molar-refractivity contribution in [1.82, 2.24) is 4.72 Å². The molecule has 2 rings (SSSR count). The lowest BCUT2D eigenvalue weighted by atomic mass is 10.1. The highest BCUT2D eigenvalue weighted by molar-refractivity contribution is 7.88. The predicted octanol–water partition coefficient (Wildman–Crippen LogP) is 0.971. The third-order valence-corrected chi connectivity index (χ3v) is 4.43. The summed E-state index contributed by atoms with van der Waals surface area (Å²) < 4.78 is 26.0. The molecule has 18 heavy (non-hydrogen) atoms. The molecule has 1 fully saturated rings. The second-order valence-corrected chi connectivity index (χ2v) is 6.46. The number of carboxylic acid groups (broad SMARTS) is 1. The fourth-order valence-electron chi connectivity index (χ4n) is 1.71. The Hall–Kier alpha value is -1.40. The van der Waals surface area contributed by atoms with E-state index in [9.17, 15) is 13.2 Å². The van der Waals surface area contributed by atoms with Crippen molar-refractivity contribution in [2.75, 3.05) is 6.54 Å². The number of hydrogen-bond acceptors (Lipinski definition) is 3. The molecule has 0 unspecified atom stereocenters. The van der Waals surface area contributed by atoms with Gasteiger partial charge in [-0.05, 0) is 18.4 Å². The maximum Gasteiger partial charge on any atom is 0.310 e. The quantitative estimate of drug-likeness (QED) is 0.806. The molecule has 0 aliphatic heterocycles. The first-order valence-electron chi connectivity index (χ1n) is 5.68. The van der Waals surface area contributed by atoms with E-state index >= 15 is 0 Å². The fourth-order valence-corrected chi connectivity index (χ4v) is 2.94. The zero-order chi connectivity index (χ0) is 13.2.